The lowest BCUT2D eigenvalue weighted by Crippen LogP contribution is -2.61. The average molecular weight is 696 g/mol. The first kappa shape index (κ1) is 34.2. The van der Waals surface area contributed by atoms with Crippen LogP contribution in [0.15, 0.2) is 48.5 Å². The Morgan fingerprint density at radius 1 is 0.938 bits per heavy atom. The van der Waals surface area contributed by atoms with E-state index >= 15 is 0 Å². The van der Waals surface area contributed by atoms with E-state index in [9.17, 15) is 14.4 Å². The summed E-state index contributed by atoms with van der Waals surface area (Å²) in [5, 5.41) is 5.69. The Kier molecular flexibility index (Phi) is 10.3. The van der Waals surface area contributed by atoms with Crippen LogP contribution in [0, 0.1) is 5.92 Å². The summed E-state index contributed by atoms with van der Waals surface area (Å²) in [6, 6.07) is 14.6. The molecular weight excluding hydrogens is 655 g/mol. The number of carbonyl (C=O) groups excluding carboxylic acids is 3. The maximum absolute atomic E-state index is 14.1. The van der Waals surface area contributed by atoms with Crippen molar-refractivity contribution in [3.8, 4) is 0 Å². The second-order valence-electron chi connectivity index (χ2n) is 12.5. The van der Waals surface area contributed by atoms with Gasteiger partial charge in [-0.3, -0.25) is 0 Å². The largest absolute Gasteiger partial charge is 0.445 e. The van der Waals surface area contributed by atoms with Crippen molar-refractivity contribution < 1.29 is 28.8 Å². The highest BCUT2D eigenvalue weighted by molar-refractivity contribution is 7.98. The van der Waals surface area contributed by atoms with Crippen LogP contribution in [-0.4, -0.2) is 69.9 Å². The maximum Gasteiger partial charge on any atom is 0.407 e. The minimum atomic E-state index is -1.66. The fourth-order valence-electron chi connectivity index (χ4n) is 6.53. The first-order chi connectivity index (χ1) is 23.2. The molecule has 3 atom stereocenters. The van der Waals surface area contributed by atoms with Crippen molar-refractivity contribution in [2.75, 3.05) is 35.6 Å². The SMILES string of the molecule is CSCCC1(N)C(=O)ON2OC(=O)C(N)(CCSC)c3nc(nc4cccc1c34)N2C1CCC(CNC(=O)OCc2ccccc2)CC1. The van der Waals surface area contributed by atoms with Gasteiger partial charge in [0.1, 0.15) is 17.5 Å². The van der Waals surface area contributed by atoms with Gasteiger partial charge in [-0.25, -0.2) is 29.4 Å². The number of nitrogens with two attached hydrogens (primary N) is 2. The molecule has 48 heavy (non-hydrogen) atoms. The number of rotatable bonds is 11. The van der Waals surface area contributed by atoms with E-state index in [-0.39, 0.29) is 43.1 Å². The van der Waals surface area contributed by atoms with Crippen molar-refractivity contribution in [3.63, 3.8) is 0 Å². The standard InChI is InChI=1S/C33H41N7O6S2/c1-47-17-15-32(34)24-9-6-10-25-26(24)27-33(35,16-18-48-2)29(42)46-40(45-28(32)41)39(30(37-25)38-27)23-13-11-21(12-14-23)19-36-31(43)44-20-22-7-4-3-5-8-22/h3-10,21,23H,11-20,34-35H2,1-2H3,(H,36,43). The van der Waals surface area contributed by atoms with Crippen LogP contribution in [0.25, 0.3) is 10.9 Å². The molecule has 1 saturated carbocycles. The fourth-order valence-corrected chi connectivity index (χ4v) is 7.59. The summed E-state index contributed by atoms with van der Waals surface area (Å²) in [6.45, 7) is 0.642. The number of nitrogens with zero attached hydrogens (tertiary/aromatic N) is 4. The Balaban J connectivity index is 1.30. The summed E-state index contributed by atoms with van der Waals surface area (Å²) in [6.07, 6.45) is 6.53. The number of amides is 1. The molecule has 0 saturated heterocycles. The Labute approximate surface area is 287 Å². The second kappa shape index (κ2) is 14.5. The number of nitrogens with one attached hydrogen (secondary N) is 1. The van der Waals surface area contributed by atoms with Crippen LogP contribution in [0.4, 0.5) is 10.7 Å². The quantitative estimate of drug-likeness (QED) is 0.263. The molecule has 5 N–H and O–H groups in total. The zero-order valence-electron chi connectivity index (χ0n) is 27.1. The Bertz CT molecular complexity index is 1660. The van der Waals surface area contributed by atoms with Crippen LogP contribution in [0.2, 0.25) is 0 Å². The molecule has 0 radical (unpaired) electrons. The third kappa shape index (κ3) is 6.66. The van der Waals surface area contributed by atoms with Crippen molar-refractivity contribution in [1.29, 1.82) is 0 Å². The highest BCUT2D eigenvalue weighted by atomic mass is 32.2. The lowest BCUT2D eigenvalue weighted by atomic mass is 9.81. The summed E-state index contributed by atoms with van der Waals surface area (Å²) in [4.78, 5) is 62.1. The lowest BCUT2D eigenvalue weighted by molar-refractivity contribution is -0.341. The molecule has 1 aliphatic carbocycles. The van der Waals surface area contributed by atoms with Crippen molar-refractivity contribution in [2.24, 2.45) is 17.4 Å². The van der Waals surface area contributed by atoms with Gasteiger partial charge in [0, 0.05) is 11.9 Å². The minimum Gasteiger partial charge on any atom is -0.445 e. The third-order valence-corrected chi connectivity index (χ3v) is 10.6. The van der Waals surface area contributed by atoms with Gasteiger partial charge in [-0.1, -0.05) is 42.5 Å². The average Bonchev–Trinajstić information content (AvgIpc) is 3.10. The predicted molar refractivity (Wildman–Crippen MR) is 184 cm³/mol. The predicted octanol–water partition coefficient (Wildman–Crippen LogP) is 3.90. The molecule has 5 heterocycles. The summed E-state index contributed by atoms with van der Waals surface area (Å²) in [5.74, 6) is -0.0619. The van der Waals surface area contributed by atoms with Gasteiger partial charge in [0.05, 0.1) is 17.3 Å². The van der Waals surface area contributed by atoms with Gasteiger partial charge in [-0.05, 0) is 85.7 Å². The maximum atomic E-state index is 14.1. The topological polar surface area (TPSA) is 175 Å². The van der Waals surface area contributed by atoms with E-state index in [4.69, 9.17) is 35.8 Å². The fraction of sp³-hybridized carbons (Fsp3) is 0.485. The highest BCUT2D eigenvalue weighted by Crippen LogP contribution is 2.42. The Morgan fingerprint density at radius 3 is 2.29 bits per heavy atom. The van der Waals surface area contributed by atoms with E-state index in [2.05, 4.69) is 5.32 Å². The number of thioether (sulfide) groups is 2. The smallest absolute Gasteiger partial charge is 0.407 e. The lowest BCUT2D eigenvalue weighted by Gasteiger charge is -2.44. The Hall–Kier alpha value is -3.63. The van der Waals surface area contributed by atoms with Gasteiger partial charge in [0.25, 0.3) is 0 Å². The zero-order valence-corrected chi connectivity index (χ0v) is 28.7. The number of hydrazine groups is 1. The summed E-state index contributed by atoms with van der Waals surface area (Å²) >= 11 is 3.10. The van der Waals surface area contributed by atoms with Crippen molar-refractivity contribution in [2.45, 2.75) is 62.3 Å². The summed E-state index contributed by atoms with van der Waals surface area (Å²) in [7, 11) is 0. The number of fused-ring (bicyclic) bond motifs is 2. The van der Waals surface area contributed by atoms with E-state index < -0.39 is 29.1 Å². The number of hydrogen-bond acceptors (Lipinski definition) is 14. The summed E-state index contributed by atoms with van der Waals surface area (Å²) < 4.78 is 5.37. The van der Waals surface area contributed by atoms with E-state index in [1.807, 2.05) is 48.9 Å². The normalized spacial score (nSPS) is 26.7. The number of hydrogen-bond donors (Lipinski definition) is 3. The molecular formula is C33H41N7O6S2. The van der Waals surface area contributed by atoms with E-state index in [1.54, 1.807) is 35.7 Å². The molecule has 5 aliphatic rings. The van der Waals surface area contributed by atoms with E-state index in [0.29, 0.717) is 47.4 Å². The van der Waals surface area contributed by atoms with Gasteiger partial charge in [-0.2, -0.15) is 23.5 Å². The molecule has 3 aromatic rings. The van der Waals surface area contributed by atoms with Crippen LogP contribution in [0.1, 0.15) is 55.3 Å². The zero-order chi connectivity index (χ0) is 33.9. The number of alkyl carbamates (subject to hydrolysis) is 1. The third-order valence-electron chi connectivity index (χ3n) is 9.36. The number of benzene rings is 2. The first-order valence-corrected chi connectivity index (χ1v) is 18.8. The van der Waals surface area contributed by atoms with Gasteiger partial charge >= 0.3 is 18.0 Å². The van der Waals surface area contributed by atoms with Gasteiger partial charge in [0.2, 0.25) is 5.95 Å². The van der Waals surface area contributed by atoms with Crippen LogP contribution < -0.4 is 21.8 Å². The van der Waals surface area contributed by atoms with Crippen LogP contribution in [-0.2, 0) is 41.7 Å². The second-order valence-corrected chi connectivity index (χ2v) is 14.4. The molecule has 256 valence electrons. The van der Waals surface area contributed by atoms with E-state index in [0.717, 1.165) is 23.7 Å². The first-order valence-electron chi connectivity index (χ1n) is 16.0. The molecule has 2 aromatic carbocycles. The molecule has 8 rings (SSSR count). The number of carbonyl (C=O) groups is 3. The van der Waals surface area contributed by atoms with E-state index in [1.165, 1.54) is 5.01 Å². The molecule has 1 aromatic heterocycles. The number of ether oxygens (including phenoxy) is 1. The molecule has 0 spiro atoms. The molecule has 13 nitrogen and oxygen atoms in total. The molecule has 3 unspecified atom stereocenters. The highest BCUT2D eigenvalue weighted by Gasteiger charge is 2.52. The summed E-state index contributed by atoms with van der Waals surface area (Å²) in [5.41, 5.74) is 12.9. The Morgan fingerprint density at radius 2 is 1.60 bits per heavy atom. The molecule has 6 bridgehead atoms. The molecule has 1 amide bonds. The number of anilines is 1. The van der Waals surface area contributed by atoms with Crippen LogP contribution in [0.3, 0.4) is 0 Å². The molecule has 1 fully saturated rings. The van der Waals surface area contributed by atoms with Crippen LogP contribution >= 0.6 is 23.5 Å². The minimum absolute atomic E-state index is 0.180. The van der Waals surface area contributed by atoms with Crippen molar-refractivity contribution in [1.82, 2.24) is 20.6 Å². The van der Waals surface area contributed by atoms with Crippen molar-refractivity contribution >= 4 is 58.4 Å². The van der Waals surface area contributed by atoms with Gasteiger partial charge in [0.15, 0.2) is 5.54 Å². The van der Waals surface area contributed by atoms with Gasteiger partial charge < -0.3 is 31.2 Å². The van der Waals surface area contributed by atoms with Gasteiger partial charge in [-0.15, -0.1) is 0 Å². The van der Waals surface area contributed by atoms with Crippen LogP contribution in [0.5, 0.6) is 0 Å². The molecule has 15 heteroatoms. The monoisotopic (exact) mass is 695 g/mol. The van der Waals surface area contributed by atoms with Crippen molar-refractivity contribution in [3.05, 3.63) is 65.4 Å². The number of aromatic nitrogens is 2. The molecule has 4 aliphatic heterocycles.